The van der Waals surface area contributed by atoms with Gasteiger partial charge in [-0.1, -0.05) is 20.8 Å². The Bertz CT molecular complexity index is 478. The molecular weight excluding hydrogens is 324 g/mol. The maximum Gasteiger partial charge on any atom is 0.250 e. The van der Waals surface area contributed by atoms with Crippen LogP contribution in [0.5, 0.6) is 11.5 Å². The van der Waals surface area contributed by atoms with Crippen LogP contribution in [0.4, 0.5) is 0 Å². The molecule has 0 fully saturated rings. The highest BCUT2D eigenvalue weighted by Gasteiger charge is 2.39. The molecule has 0 N–H and O–H groups in total. The van der Waals surface area contributed by atoms with Crippen LogP contribution in [0, 0.1) is 0 Å². The predicted octanol–water partition coefficient (Wildman–Crippen LogP) is 4.65. The highest BCUT2D eigenvalue weighted by atomic mass is 79.9. The molecule has 0 bridgehead atoms. The zero-order chi connectivity index (χ0) is 14.8. The number of carbonyl (C=O) groups excluding carboxylic acids is 1. The Morgan fingerprint density at radius 2 is 1.79 bits per heavy atom. The minimum Gasteiger partial charge on any atom is -0.543 e. The highest BCUT2D eigenvalue weighted by Crippen LogP contribution is 2.40. The van der Waals surface area contributed by atoms with Gasteiger partial charge >= 0.3 is 0 Å². The van der Waals surface area contributed by atoms with Gasteiger partial charge in [0.25, 0.3) is 8.32 Å². The number of rotatable bonds is 4. The summed E-state index contributed by atoms with van der Waals surface area (Å²) < 4.78 is 12.2. The molecule has 1 aromatic rings. The molecule has 0 spiro atoms. The first-order valence-electron chi connectivity index (χ1n) is 6.14. The summed E-state index contributed by atoms with van der Waals surface area (Å²) in [5, 5.41) is 0.0829. The van der Waals surface area contributed by atoms with Crippen molar-refractivity contribution in [1.29, 1.82) is 0 Å². The van der Waals surface area contributed by atoms with Crippen LogP contribution in [-0.4, -0.2) is 21.7 Å². The molecule has 106 valence electrons. The third-order valence-electron chi connectivity index (χ3n) is 3.58. The summed E-state index contributed by atoms with van der Waals surface area (Å²) in [7, 11) is -0.392. The zero-order valence-electron chi connectivity index (χ0n) is 12.3. The molecule has 0 aliphatic carbocycles. The topological polar surface area (TPSA) is 35.5 Å². The lowest BCUT2D eigenvalue weighted by Crippen LogP contribution is -2.44. The lowest BCUT2D eigenvalue weighted by molar-refractivity contribution is 0.112. The summed E-state index contributed by atoms with van der Waals surface area (Å²) in [6.07, 6.45) is 0.803. The Morgan fingerprint density at radius 1 is 1.21 bits per heavy atom. The number of hydrogen-bond donors (Lipinski definition) is 0. The largest absolute Gasteiger partial charge is 0.543 e. The number of hydrogen-bond acceptors (Lipinski definition) is 3. The van der Waals surface area contributed by atoms with Crippen molar-refractivity contribution in [3.05, 3.63) is 22.2 Å². The minimum absolute atomic E-state index is 0.0829. The Kier molecular flexibility index (Phi) is 4.85. The van der Waals surface area contributed by atoms with E-state index in [1.54, 1.807) is 13.2 Å². The minimum atomic E-state index is -1.96. The predicted molar refractivity (Wildman–Crippen MR) is 83.9 cm³/mol. The molecule has 0 aliphatic rings. The van der Waals surface area contributed by atoms with Gasteiger partial charge < -0.3 is 9.16 Å². The van der Waals surface area contributed by atoms with Gasteiger partial charge in [0, 0.05) is 0 Å². The van der Waals surface area contributed by atoms with Gasteiger partial charge in [-0.3, -0.25) is 4.79 Å². The SMILES string of the molecule is COc1cc(C=O)c(O[Si](C)(C)C(C)(C)C)cc1Br. The summed E-state index contributed by atoms with van der Waals surface area (Å²) in [6.45, 7) is 10.8. The maximum absolute atomic E-state index is 11.2. The van der Waals surface area contributed by atoms with Gasteiger partial charge in [0.1, 0.15) is 11.5 Å². The van der Waals surface area contributed by atoms with E-state index in [1.165, 1.54) is 0 Å². The normalized spacial score (nSPS) is 12.2. The van der Waals surface area contributed by atoms with Crippen LogP contribution in [0.3, 0.4) is 0 Å². The van der Waals surface area contributed by atoms with E-state index in [4.69, 9.17) is 9.16 Å². The summed E-state index contributed by atoms with van der Waals surface area (Å²) in [5.41, 5.74) is 0.518. The zero-order valence-corrected chi connectivity index (χ0v) is 14.9. The lowest BCUT2D eigenvalue weighted by atomic mass is 10.2. The molecule has 0 saturated heterocycles. The molecule has 0 unspecified atom stereocenters. The smallest absolute Gasteiger partial charge is 0.250 e. The highest BCUT2D eigenvalue weighted by molar-refractivity contribution is 9.10. The number of carbonyl (C=O) groups is 1. The Balaban J connectivity index is 3.21. The fourth-order valence-electron chi connectivity index (χ4n) is 1.32. The third kappa shape index (κ3) is 3.60. The Labute approximate surface area is 124 Å². The van der Waals surface area contributed by atoms with E-state index in [9.17, 15) is 4.79 Å². The number of ether oxygens (including phenoxy) is 1. The molecule has 1 rings (SSSR count). The average molecular weight is 345 g/mol. The van der Waals surface area contributed by atoms with Gasteiger partial charge in [0.2, 0.25) is 0 Å². The number of benzene rings is 1. The molecule has 5 heteroatoms. The van der Waals surface area contributed by atoms with Crippen LogP contribution >= 0.6 is 15.9 Å². The molecule has 0 atom stereocenters. The maximum atomic E-state index is 11.2. The van der Waals surface area contributed by atoms with Gasteiger partial charge in [-0.25, -0.2) is 0 Å². The summed E-state index contributed by atoms with van der Waals surface area (Å²) >= 11 is 3.42. The quantitative estimate of drug-likeness (QED) is 0.588. The summed E-state index contributed by atoms with van der Waals surface area (Å²) in [4.78, 5) is 11.2. The first-order chi connectivity index (χ1) is 8.62. The second-order valence-corrected chi connectivity index (χ2v) is 11.6. The summed E-state index contributed by atoms with van der Waals surface area (Å²) in [5.74, 6) is 1.25. The lowest BCUT2D eigenvalue weighted by Gasteiger charge is -2.36. The van der Waals surface area contributed by atoms with E-state index in [0.29, 0.717) is 17.1 Å². The first kappa shape index (κ1) is 16.2. The van der Waals surface area contributed by atoms with Gasteiger partial charge in [0.15, 0.2) is 6.29 Å². The fraction of sp³-hybridized carbons (Fsp3) is 0.500. The molecule has 0 aromatic heterocycles. The Morgan fingerprint density at radius 3 is 2.21 bits per heavy atom. The molecule has 0 amide bonds. The molecule has 0 saturated carbocycles. The van der Waals surface area contributed by atoms with E-state index in [-0.39, 0.29) is 5.04 Å². The van der Waals surface area contributed by atoms with Crippen molar-refractivity contribution in [2.24, 2.45) is 0 Å². The van der Waals surface area contributed by atoms with Crippen molar-refractivity contribution >= 4 is 30.5 Å². The first-order valence-corrected chi connectivity index (χ1v) is 9.84. The van der Waals surface area contributed by atoms with Crippen LogP contribution in [0.2, 0.25) is 18.1 Å². The van der Waals surface area contributed by atoms with Crippen molar-refractivity contribution < 1.29 is 14.0 Å². The summed E-state index contributed by atoms with van der Waals surface area (Å²) in [6, 6.07) is 3.50. The fourth-order valence-corrected chi connectivity index (χ4v) is 2.83. The van der Waals surface area contributed by atoms with Crippen LogP contribution in [0.1, 0.15) is 31.1 Å². The second-order valence-electron chi connectivity index (χ2n) is 6.00. The standard InChI is InChI=1S/C14H21BrO3Si/c1-14(2,3)19(5,6)18-12-8-11(15)13(17-4)7-10(12)9-16/h7-9H,1-6H3. The van der Waals surface area contributed by atoms with E-state index in [0.717, 1.165) is 10.8 Å². The van der Waals surface area contributed by atoms with Crippen molar-refractivity contribution in [3.8, 4) is 11.5 Å². The monoisotopic (exact) mass is 344 g/mol. The molecular formula is C14H21BrO3Si. The van der Waals surface area contributed by atoms with Crippen LogP contribution < -0.4 is 9.16 Å². The van der Waals surface area contributed by atoms with E-state index >= 15 is 0 Å². The van der Waals surface area contributed by atoms with Crippen molar-refractivity contribution in [2.75, 3.05) is 7.11 Å². The molecule has 1 aromatic carbocycles. The van der Waals surface area contributed by atoms with E-state index in [1.807, 2.05) is 6.07 Å². The molecule has 3 nitrogen and oxygen atoms in total. The number of methoxy groups -OCH3 is 1. The van der Waals surface area contributed by atoms with Crippen molar-refractivity contribution in [2.45, 2.75) is 38.9 Å². The second kappa shape index (κ2) is 5.67. The average Bonchev–Trinajstić information content (AvgIpc) is 2.27. The van der Waals surface area contributed by atoms with E-state index in [2.05, 4.69) is 49.8 Å². The van der Waals surface area contributed by atoms with Crippen molar-refractivity contribution in [3.63, 3.8) is 0 Å². The Hall–Kier alpha value is -0.813. The van der Waals surface area contributed by atoms with Crippen LogP contribution in [0.25, 0.3) is 0 Å². The third-order valence-corrected chi connectivity index (χ3v) is 8.54. The van der Waals surface area contributed by atoms with Gasteiger partial charge in [0.05, 0.1) is 17.1 Å². The molecule has 0 heterocycles. The molecule has 19 heavy (non-hydrogen) atoms. The van der Waals surface area contributed by atoms with Gasteiger partial charge in [-0.05, 0) is 46.2 Å². The molecule has 0 aliphatic heterocycles. The van der Waals surface area contributed by atoms with E-state index < -0.39 is 8.32 Å². The van der Waals surface area contributed by atoms with Crippen LogP contribution in [-0.2, 0) is 0 Å². The van der Waals surface area contributed by atoms with Gasteiger partial charge in [-0.2, -0.15) is 0 Å². The van der Waals surface area contributed by atoms with Crippen LogP contribution in [0.15, 0.2) is 16.6 Å². The molecule has 0 radical (unpaired) electrons. The number of aldehydes is 1. The van der Waals surface area contributed by atoms with Gasteiger partial charge in [-0.15, -0.1) is 0 Å². The van der Waals surface area contributed by atoms with Crippen molar-refractivity contribution in [1.82, 2.24) is 0 Å². The number of halogens is 1.